The van der Waals surface area contributed by atoms with Gasteiger partial charge < -0.3 is 19.7 Å². The molecule has 0 spiro atoms. The zero-order chi connectivity index (χ0) is 14.4. The van der Waals surface area contributed by atoms with Crippen molar-refractivity contribution in [3.63, 3.8) is 0 Å². The van der Waals surface area contributed by atoms with Crippen LogP contribution in [0.25, 0.3) is 0 Å². The molecule has 0 heterocycles. The fourth-order valence-electron chi connectivity index (χ4n) is 1.60. The van der Waals surface area contributed by atoms with E-state index >= 15 is 0 Å². The molecule has 0 atom stereocenters. The van der Waals surface area contributed by atoms with Crippen LogP contribution >= 0.6 is 0 Å². The highest BCUT2D eigenvalue weighted by molar-refractivity contribution is 6.02. The number of ketones is 1. The van der Waals surface area contributed by atoms with E-state index in [1.807, 2.05) is 0 Å². The second kappa shape index (κ2) is 6.63. The number of aromatic hydroxyl groups is 2. The fourth-order valence-corrected chi connectivity index (χ4v) is 1.60. The Bertz CT molecular complexity index is 480. The Kier molecular flexibility index (Phi) is 5.17. The van der Waals surface area contributed by atoms with Gasteiger partial charge in [-0.05, 0) is 6.92 Å². The largest absolute Gasteiger partial charge is 0.508 e. The van der Waals surface area contributed by atoms with Crippen molar-refractivity contribution in [2.45, 2.75) is 19.8 Å². The molecule has 0 amide bonds. The molecular formula is C13H16O6. The standard InChI is InChI=1S/C13H16O6/c1-3-19-12(17)5-4-9(15)13-10(16)6-8(14)7-11(13)18-2/h6-7,14,16H,3-5H2,1-2H3. The summed E-state index contributed by atoms with van der Waals surface area (Å²) in [6.45, 7) is 1.93. The lowest BCUT2D eigenvalue weighted by atomic mass is 10.0. The third kappa shape index (κ3) is 3.87. The lowest BCUT2D eigenvalue weighted by Crippen LogP contribution is -2.09. The van der Waals surface area contributed by atoms with E-state index in [-0.39, 0.29) is 42.3 Å². The molecule has 0 aliphatic heterocycles. The van der Waals surface area contributed by atoms with E-state index in [4.69, 9.17) is 9.47 Å². The van der Waals surface area contributed by atoms with Crippen molar-refractivity contribution in [3.8, 4) is 17.2 Å². The third-order valence-electron chi connectivity index (χ3n) is 2.43. The Hall–Kier alpha value is -2.24. The van der Waals surface area contributed by atoms with Crippen LogP contribution in [0.3, 0.4) is 0 Å². The number of phenols is 2. The summed E-state index contributed by atoms with van der Waals surface area (Å²) in [5, 5.41) is 19.0. The van der Waals surface area contributed by atoms with Gasteiger partial charge in [0.25, 0.3) is 0 Å². The molecule has 6 heteroatoms. The maximum absolute atomic E-state index is 11.9. The molecule has 0 radical (unpaired) electrons. The average molecular weight is 268 g/mol. The molecule has 0 fully saturated rings. The fraction of sp³-hybridized carbons (Fsp3) is 0.385. The Morgan fingerprint density at radius 2 is 1.89 bits per heavy atom. The van der Waals surface area contributed by atoms with Crippen LogP contribution in [0.4, 0.5) is 0 Å². The average Bonchev–Trinajstić information content (AvgIpc) is 2.35. The van der Waals surface area contributed by atoms with Crippen molar-refractivity contribution >= 4 is 11.8 Å². The minimum atomic E-state index is -0.479. The third-order valence-corrected chi connectivity index (χ3v) is 2.43. The number of carbonyl (C=O) groups is 2. The normalized spacial score (nSPS) is 10.0. The Balaban J connectivity index is 2.85. The zero-order valence-electron chi connectivity index (χ0n) is 10.8. The summed E-state index contributed by atoms with van der Waals surface area (Å²) in [7, 11) is 1.32. The van der Waals surface area contributed by atoms with Crippen LogP contribution in [0.15, 0.2) is 12.1 Å². The quantitative estimate of drug-likeness (QED) is 0.601. The van der Waals surface area contributed by atoms with Gasteiger partial charge in [0.15, 0.2) is 5.78 Å². The summed E-state index contributed by atoms with van der Waals surface area (Å²) in [4.78, 5) is 23.1. The summed E-state index contributed by atoms with van der Waals surface area (Å²) in [6.07, 6.45) is -0.177. The molecule has 0 aliphatic carbocycles. The molecule has 1 aromatic carbocycles. The number of hydrogen-bond donors (Lipinski definition) is 2. The number of phenolic OH excluding ortho intramolecular Hbond substituents is 2. The van der Waals surface area contributed by atoms with Crippen molar-refractivity contribution in [2.24, 2.45) is 0 Å². The van der Waals surface area contributed by atoms with Gasteiger partial charge in [0.2, 0.25) is 0 Å². The summed E-state index contributed by atoms with van der Waals surface area (Å²) in [5.74, 6) is -1.47. The van der Waals surface area contributed by atoms with Crippen LogP contribution in [-0.4, -0.2) is 35.7 Å². The number of ether oxygens (including phenoxy) is 2. The number of hydrogen-bond acceptors (Lipinski definition) is 6. The molecule has 6 nitrogen and oxygen atoms in total. The number of benzene rings is 1. The topological polar surface area (TPSA) is 93.1 Å². The number of rotatable bonds is 6. The lowest BCUT2D eigenvalue weighted by molar-refractivity contribution is -0.143. The van der Waals surface area contributed by atoms with E-state index < -0.39 is 11.8 Å². The van der Waals surface area contributed by atoms with E-state index in [1.165, 1.54) is 13.2 Å². The molecular weight excluding hydrogens is 252 g/mol. The van der Waals surface area contributed by atoms with Crippen molar-refractivity contribution in [1.29, 1.82) is 0 Å². The first-order chi connectivity index (χ1) is 8.99. The smallest absolute Gasteiger partial charge is 0.306 e. The SMILES string of the molecule is CCOC(=O)CCC(=O)c1c(O)cc(O)cc1OC. The van der Waals surface area contributed by atoms with Gasteiger partial charge in [-0.2, -0.15) is 0 Å². The predicted molar refractivity (Wildman–Crippen MR) is 66.5 cm³/mol. The van der Waals surface area contributed by atoms with Gasteiger partial charge in [0.05, 0.1) is 20.1 Å². The summed E-state index contributed by atoms with van der Waals surface area (Å²) in [5.41, 5.74) is -0.0513. The molecule has 2 N–H and O–H groups in total. The first-order valence-corrected chi connectivity index (χ1v) is 5.78. The van der Waals surface area contributed by atoms with Gasteiger partial charge in [-0.25, -0.2) is 0 Å². The van der Waals surface area contributed by atoms with E-state index in [9.17, 15) is 19.8 Å². The molecule has 0 saturated heterocycles. The van der Waals surface area contributed by atoms with Crippen LogP contribution in [0.5, 0.6) is 17.2 Å². The highest BCUT2D eigenvalue weighted by Gasteiger charge is 2.19. The lowest BCUT2D eigenvalue weighted by Gasteiger charge is -2.10. The van der Waals surface area contributed by atoms with Crippen molar-refractivity contribution in [3.05, 3.63) is 17.7 Å². The molecule has 104 valence electrons. The summed E-state index contributed by atoms with van der Waals surface area (Å²) >= 11 is 0. The highest BCUT2D eigenvalue weighted by atomic mass is 16.5. The summed E-state index contributed by atoms with van der Waals surface area (Å²) < 4.78 is 9.63. The molecule has 0 bridgehead atoms. The van der Waals surface area contributed by atoms with Gasteiger partial charge in [-0.3, -0.25) is 9.59 Å². The Labute approximate surface area is 110 Å². The minimum Gasteiger partial charge on any atom is -0.508 e. The Morgan fingerprint density at radius 1 is 1.21 bits per heavy atom. The van der Waals surface area contributed by atoms with Gasteiger partial charge in [-0.1, -0.05) is 0 Å². The predicted octanol–water partition coefficient (Wildman–Crippen LogP) is 1.63. The maximum atomic E-state index is 11.9. The van der Waals surface area contributed by atoms with Crippen LogP contribution in [0.2, 0.25) is 0 Å². The van der Waals surface area contributed by atoms with Gasteiger partial charge in [-0.15, -0.1) is 0 Å². The second-order valence-corrected chi connectivity index (χ2v) is 3.77. The van der Waals surface area contributed by atoms with Crippen molar-refractivity contribution in [1.82, 2.24) is 0 Å². The molecule has 0 saturated carbocycles. The molecule has 1 rings (SSSR count). The maximum Gasteiger partial charge on any atom is 0.306 e. The van der Waals surface area contributed by atoms with Crippen molar-refractivity contribution < 1.29 is 29.3 Å². The first kappa shape index (κ1) is 14.8. The van der Waals surface area contributed by atoms with E-state index in [0.717, 1.165) is 6.07 Å². The molecule has 19 heavy (non-hydrogen) atoms. The van der Waals surface area contributed by atoms with E-state index in [0.29, 0.717) is 0 Å². The first-order valence-electron chi connectivity index (χ1n) is 5.78. The Morgan fingerprint density at radius 3 is 2.47 bits per heavy atom. The van der Waals surface area contributed by atoms with Crippen LogP contribution in [0, 0.1) is 0 Å². The minimum absolute atomic E-state index is 0.0513. The van der Waals surface area contributed by atoms with Gasteiger partial charge in [0.1, 0.15) is 22.8 Å². The number of carbonyl (C=O) groups excluding carboxylic acids is 2. The molecule has 0 unspecified atom stereocenters. The van der Waals surface area contributed by atoms with Crippen LogP contribution < -0.4 is 4.74 Å². The van der Waals surface area contributed by atoms with Crippen LogP contribution in [0.1, 0.15) is 30.1 Å². The second-order valence-electron chi connectivity index (χ2n) is 3.77. The van der Waals surface area contributed by atoms with Crippen molar-refractivity contribution in [2.75, 3.05) is 13.7 Å². The molecule has 0 aliphatic rings. The number of methoxy groups -OCH3 is 1. The van der Waals surface area contributed by atoms with E-state index in [2.05, 4.69) is 0 Å². The molecule has 0 aromatic heterocycles. The highest BCUT2D eigenvalue weighted by Crippen LogP contribution is 2.33. The monoisotopic (exact) mass is 268 g/mol. The van der Waals surface area contributed by atoms with Gasteiger partial charge in [0, 0.05) is 18.6 Å². The summed E-state index contributed by atoms with van der Waals surface area (Å²) in [6, 6.07) is 2.26. The number of esters is 1. The zero-order valence-corrected chi connectivity index (χ0v) is 10.8. The van der Waals surface area contributed by atoms with Gasteiger partial charge >= 0.3 is 5.97 Å². The molecule has 1 aromatic rings. The van der Waals surface area contributed by atoms with Crippen LogP contribution in [-0.2, 0) is 9.53 Å². The van der Waals surface area contributed by atoms with E-state index in [1.54, 1.807) is 6.92 Å². The number of Topliss-reactive ketones (excluding diaryl/α,β-unsaturated/α-hetero) is 1.